The van der Waals surface area contributed by atoms with E-state index in [1.54, 1.807) is 0 Å². The summed E-state index contributed by atoms with van der Waals surface area (Å²) < 4.78 is 0. The van der Waals surface area contributed by atoms with Gasteiger partial charge in [0.1, 0.15) is 0 Å². The van der Waals surface area contributed by atoms with Gasteiger partial charge in [0.05, 0.1) is 0 Å². The Labute approximate surface area is 93.1 Å². The highest BCUT2D eigenvalue weighted by atomic mass is 15.2. The Morgan fingerprint density at radius 2 is 2.00 bits per heavy atom. The van der Waals surface area contributed by atoms with Crippen molar-refractivity contribution in [3.8, 4) is 0 Å². The molecule has 1 atom stereocenters. The van der Waals surface area contributed by atoms with E-state index in [2.05, 4.69) is 43.0 Å². The van der Waals surface area contributed by atoms with E-state index in [0.29, 0.717) is 0 Å². The molecule has 1 aromatic rings. The molecule has 1 unspecified atom stereocenters. The molecule has 1 aromatic carbocycles. The van der Waals surface area contributed by atoms with Crippen molar-refractivity contribution < 1.29 is 0 Å². The van der Waals surface area contributed by atoms with Gasteiger partial charge in [-0.2, -0.15) is 0 Å². The minimum atomic E-state index is 0.801. The summed E-state index contributed by atoms with van der Waals surface area (Å²) in [6, 6.07) is 9.74. The zero-order valence-electron chi connectivity index (χ0n) is 9.87. The lowest BCUT2D eigenvalue weighted by Gasteiger charge is -2.20. The third-order valence-corrected chi connectivity index (χ3v) is 3.50. The van der Waals surface area contributed by atoms with Gasteiger partial charge in [-0.15, -0.1) is 0 Å². The molecule has 1 saturated heterocycles. The van der Waals surface area contributed by atoms with Crippen molar-refractivity contribution in [1.29, 1.82) is 0 Å². The molecule has 2 rings (SSSR count). The van der Waals surface area contributed by atoms with Crippen LogP contribution in [-0.2, 0) is 6.42 Å². The highest BCUT2D eigenvalue weighted by molar-refractivity contribution is 5.21. The van der Waals surface area contributed by atoms with Gasteiger partial charge in [-0.1, -0.05) is 29.8 Å². The summed E-state index contributed by atoms with van der Waals surface area (Å²) in [6.45, 7) is 7.02. The Balaban J connectivity index is 1.85. The summed E-state index contributed by atoms with van der Waals surface area (Å²) in [5.74, 6) is 0. The smallest absolute Gasteiger partial charge is 0.00675 e. The van der Waals surface area contributed by atoms with E-state index >= 15 is 0 Å². The number of aryl methyl sites for hydroxylation is 1. The van der Waals surface area contributed by atoms with E-state index < -0.39 is 0 Å². The van der Waals surface area contributed by atoms with Gasteiger partial charge < -0.3 is 4.90 Å². The van der Waals surface area contributed by atoms with Crippen LogP contribution in [0, 0.1) is 6.92 Å². The summed E-state index contributed by atoms with van der Waals surface area (Å²) in [6.07, 6.45) is 3.97. The fraction of sp³-hybridized carbons (Fsp3) is 0.571. The molecule has 1 fully saturated rings. The average molecular weight is 203 g/mol. The Morgan fingerprint density at radius 1 is 1.27 bits per heavy atom. The van der Waals surface area contributed by atoms with Crippen LogP contribution in [0.2, 0.25) is 0 Å². The first kappa shape index (κ1) is 10.7. The largest absolute Gasteiger partial charge is 0.300 e. The molecule has 0 amide bonds. The Hall–Kier alpha value is -0.820. The lowest BCUT2D eigenvalue weighted by Crippen LogP contribution is -2.28. The van der Waals surface area contributed by atoms with Crippen LogP contribution in [0.15, 0.2) is 24.3 Å². The lowest BCUT2D eigenvalue weighted by molar-refractivity contribution is 0.272. The molecule has 1 aliphatic rings. The maximum absolute atomic E-state index is 2.61. The van der Waals surface area contributed by atoms with Crippen molar-refractivity contribution in [2.75, 3.05) is 13.1 Å². The molecule has 1 heteroatoms. The minimum absolute atomic E-state index is 0.801. The minimum Gasteiger partial charge on any atom is -0.300 e. The third kappa shape index (κ3) is 2.82. The van der Waals surface area contributed by atoms with Crippen molar-refractivity contribution in [3.63, 3.8) is 0 Å². The monoisotopic (exact) mass is 203 g/mol. The van der Waals surface area contributed by atoms with Gasteiger partial charge >= 0.3 is 0 Å². The molecule has 0 bridgehead atoms. The van der Waals surface area contributed by atoms with Crippen LogP contribution in [0.4, 0.5) is 0 Å². The lowest BCUT2D eigenvalue weighted by atomic mass is 10.1. The van der Waals surface area contributed by atoms with E-state index in [4.69, 9.17) is 0 Å². The van der Waals surface area contributed by atoms with Crippen molar-refractivity contribution in [2.24, 2.45) is 0 Å². The number of hydrogen-bond donors (Lipinski definition) is 0. The van der Waals surface area contributed by atoms with Crippen LogP contribution in [0.25, 0.3) is 0 Å². The van der Waals surface area contributed by atoms with Crippen molar-refractivity contribution >= 4 is 0 Å². The molecule has 82 valence electrons. The fourth-order valence-electron chi connectivity index (χ4n) is 2.35. The van der Waals surface area contributed by atoms with Crippen LogP contribution < -0.4 is 0 Å². The maximum Gasteiger partial charge on any atom is 0.00675 e. The van der Waals surface area contributed by atoms with Crippen LogP contribution >= 0.6 is 0 Å². The highest BCUT2D eigenvalue weighted by Crippen LogP contribution is 2.16. The quantitative estimate of drug-likeness (QED) is 0.730. The van der Waals surface area contributed by atoms with Gasteiger partial charge in [-0.3, -0.25) is 0 Å². The second kappa shape index (κ2) is 4.80. The number of hydrogen-bond acceptors (Lipinski definition) is 1. The first-order chi connectivity index (χ1) is 7.25. The number of benzene rings is 1. The van der Waals surface area contributed by atoms with Crippen molar-refractivity contribution in [2.45, 2.75) is 39.2 Å². The SMILES string of the molecule is Cc1ccc(CCN2CCCC2C)cc1. The second-order valence-corrected chi connectivity index (χ2v) is 4.76. The zero-order chi connectivity index (χ0) is 10.7. The standard InChI is InChI=1S/C14H21N/c1-12-5-7-14(8-6-12)9-11-15-10-3-4-13(15)2/h5-8,13H,3-4,9-11H2,1-2H3. The summed E-state index contributed by atoms with van der Waals surface area (Å²) in [5.41, 5.74) is 2.83. The van der Waals surface area contributed by atoms with Crippen LogP contribution in [-0.4, -0.2) is 24.0 Å². The molecule has 0 N–H and O–H groups in total. The summed E-state index contributed by atoms with van der Waals surface area (Å²) in [4.78, 5) is 2.61. The summed E-state index contributed by atoms with van der Waals surface area (Å²) in [7, 11) is 0. The molecule has 1 aliphatic heterocycles. The zero-order valence-corrected chi connectivity index (χ0v) is 9.87. The Bertz CT molecular complexity index is 302. The van der Waals surface area contributed by atoms with Crippen molar-refractivity contribution in [1.82, 2.24) is 4.90 Å². The van der Waals surface area contributed by atoms with E-state index in [0.717, 1.165) is 6.04 Å². The normalized spacial score (nSPS) is 22.1. The number of nitrogens with zero attached hydrogens (tertiary/aromatic N) is 1. The molecular weight excluding hydrogens is 182 g/mol. The van der Waals surface area contributed by atoms with E-state index in [9.17, 15) is 0 Å². The number of likely N-dealkylation sites (tertiary alicyclic amines) is 1. The molecule has 0 saturated carbocycles. The first-order valence-corrected chi connectivity index (χ1v) is 6.05. The molecule has 0 aromatic heterocycles. The number of rotatable bonds is 3. The molecule has 1 heterocycles. The molecular formula is C14H21N. The average Bonchev–Trinajstić information content (AvgIpc) is 2.63. The van der Waals surface area contributed by atoms with Gasteiger partial charge in [0.15, 0.2) is 0 Å². The van der Waals surface area contributed by atoms with E-state index in [1.165, 1.54) is 43.5 Å². The fourth-order valence-corrected chi connectivity index (χ4v) is 2.35. The molecule has 15 heavy (non-hydrogen) atoms. The van der Waals surface area contributed by atoms with E-state index in [1.807, 2.05) is 0 Å². The van der Waals surface area contributed by atoms with Crippen LogP contribution in [0.5, 0.6) is 0 Å². The topological polar surface area (TPSA) is 3.24 Å². The summed E-state index contributed by atoms with van der Waals surface area (Å²) >= 11 is 0. The third-order valence-electron chi connectivity index (χ3n) is 3.50. The predicted octanol–water partition coefficient (Wildman–Crippen LogP) is 3.02. The van der Waals surface area contributed by atoms with Gasteiger partial charge in [-0.25, -0.2) is 0 Å². The molecule has 1 nitrogen and oxygen atoms in total. The van der Waals surface area contributed by atoms with Gasteiger partial charge in [-0.05, 0) is 45.2 Å². The van der Waals surface area contributed by atoms with Gasteiger partial charge in [0.2, 0.25) is 0 Å². The maximum atomic E-state index is 2.61. The predicted molar refractivity (Wildman–Crippen MR) is 65.2 cm³/mol. The molecule has 0 spiro atoms. The molecule has 0 aliphatic carbocycles. The van der Waals surface area contributed by atoms with E-state index in [-0.39, 0.29) is 0 Å². The second-order valence-electron chi connectivity index (χ2n) is 4.76. The molecule has 0 radical (unpaired) electrons. The van der Waals surface area contributed by atoms with Gasteiger partial charge in [0, 0.05) is 12.6 Å². The Kier molecular flexibility index (Phi) is 3.42. The summed E-state index contributed by atoms with van der Waals surface area (Å²) in [5, 5.41) is 0. The first-order valence-electron chi connectivity index (χ1n) is 6.05. The Morgan fingerprint density at radius 3 is 2.60 bits per heavy atom. The van der Waals surface area contributed by atoms with Gasteiger partial charge in [0.25, 0.3) is 0 Å². The highest BCUT2D eigenvalue weighted by Gasteiger charge is 2.19. The van der Waals surface area contributed by atoms with Crippen LogP contribution in [0.3, 0.4) is 0 Å². The van der Waals surface area contributed by atoms with Crippen molar-refractivity contribution in [3.05, 3.63) is 35.4 Å². The van der Waals surface area contributed by atoms with Crippen LogP contribution in [0.1, 0.15) is 30.9 Å².